The van der Waals surface area contributed by atoms with E-state index in [2.05, 4.69) is 205 Å². The lowest BCUT2D eigenvalue weighted by atomic mass is 9.42. The molecule has 0 amide bonds. The Morgan fingerprint density at radius 3 is 1.69 bits per heavy atom. The topological polar surface area (TPSA) is 21.5 Å². The molecule has 2 nitrogen and oxygen atoms in total. The van der Waals surface area contributed by atoms with Crippen LogP contribution in [-0.4, -0.2) is 10.2 Å². The number of ketones is 1. The first-order chi connectivity index (χ1) is 34.7. The van der Waals surface area contributed by atoms with E-state index in [0.717, 1.165) is 23.1 Å². The van der Waals surface area contributed by atoms with E-state index in [1.165, 1.54) is 133 Å². The average Bonchev–Trinajstić information content (AvgIpc) is 4.24. The minimum atomic E-state index is -0.452. The van der Waals surface area contributed by atoms with Gasteiger partial charge in [-0.1, -0.05) is 176 Å². The molecule has 0 saturated heterocycles. The van der Waals surface area contributed by atoms with Crippen molar-refractivity contribution in [1.29, 1.82) is 0 Å². The highest BCUT2D eigenvalue weighted by Gasteiger charge is 2.70. The zero-order valence-electron chi connectivity index (χ0n) is 37.9. The molecule has 2 heterocycles. The van der Waals surface area contributed by atoms with Crippen molar-refractivity contribution in [2.24, 2.45) is 0 Å². The molecule has 10 aromatic carbocycles. The summed E-state index contributed by atoms with van der Waals surface area (Å²) in [5.41, 5.74) is 29.6. The standard InChI is InChI=1S/C68H39NO/c70-66-47-31-45(37-17-3-4-18-38(37)47)35-15-1-2-16-36(35)46-32-49-58(34-48(46)66)69-57-30-29-55-59(43-23-9-13-27-53(43)67(55)51-25-11-7-19-39(51)40-20-8-12-26-52(40)67)60(57)50-33-56-62(61(49)65(50)69)64-42-22-6-5-21-41(42)63-44-24-10-14-28-54(44)68(56,63)64/h1-30,32-34,45,47,63-64H,31H2. The fraction of sp³-hybridized carbons (Fsp3) is 0.103. The van der Waals surface area contributed by atoms with E-state index in [0.29, 0.717) is 5.92 Å². The number of nitrogens with zero attached hydrogens (tertiary/aromatic N) is 1. The Morgan fingerprint density at radius 1 is 0.386 bits per heavy atom. The maximum Gasteiger partial charge on any atom is 0.171 e. The lowest BCUT2D eigenvalue weighted by Gasteiger charge is -2.59. The van der Waals surface area contributed by atoms with Crippen LogP contribution < -0.4 is 0 Å². The van der Waals surface area contributed by atoms with E-state index >= 15 is 4.79 Å². The third-order valence-corrected chi connectivity index (χ3v) is 19.3. The molecule has 0 fully saturated rings. The first kappa shape index (κ1) is 35.8. The van der Waals surface area contributed by atoms with Gasteiger partial charge in [0, 0.05) is 56.2 Å². The van der Waals surface area contributed by atoms with Crippen LogP contribution in [0.25, 0.3) is 71.5 Å². The molecule has 0 saturated carbocycles. The number of aromatic nitrogens is 1. The number of carbonyl (C=O) groups excluding carboxylic acids is 1. The SMILES string of the molecule is O=C1c2cc3c(cc2-c2ccccc2C2CC1c1ccccc12)c1c2c(cc4c5c6c(ccc5n3c41)C1(c3ccccc3-c3ccccc31)c1ccccc1-6)C13c4ccccc4C1c1ccccc1C23. The van der Waals surface area contributed by atoms with Gasteiger partial charge in [-0.25, -0.2) is 0 Å². The summed E-state index contributed by atoms with van der Waals surface area (Å²) in [6.07, 6.45) is 0.807. The second kappa shape index (κ2) is 11.6. The summed E-state index contributed by atoms with van der Waals surface area (Å²) in [6.45, 7) is 0. The van der Waals surface area contributed by atoms with E-state index in [1.807, 2.05) is 0 Å². The normalized spacial score (nSPS) is 22.1. The van der Waals surface area contributed by atoms with Crippen molar-refractivity contribution in [3.8, 4) is 33.4 Å². The van der Waals surface area contributed by atoms with Crippen LogP contribution in [0.4, 0.5) is 0 Å². The lowest BCUT2D eigenvalue weighted by Crippen LogP contribution is -2.52. The molecule has 7 aliphatic carbocycles. The molecule has 2 bridgehead atoms. The number of fused-ring (bicyclic) bond motifs is 34. The van der Waals surface area contributed by atoms with Crippen molar-refractivity contribution in [3.05, 3.63) is 278 Å². The number of hydrogen-bond donors (Lipinski definition) is 0. The maximum absolute atomic E-state index is 15.6. The van der Waals surface area contributed by atoms with Gasteiger partial charge in [-0.15, -0.1) is 0 Å². The van der Waals surface area contributed by atoms with Gasteiger partial charge in [-0.05, 0) is 136 Å². The second-order valence-electron chi connectivity index (χ2n) is 21.5. The van der Waals surface area contributed by atoms with Gasteiger partial charge in [0.25, 0.3) is 0 Å². The van der Waals surface area contributed by atoms with Crippen LogP contribution in [0.15, 0.2) is 200 Å². The van der Waals surface area contributed by atoms with Gasteiger partial charge in [-0.3, -0.25) is 4.79 Å². The van der Waals surface area contributed by atoms with Crippen LogP contribution in [0.3, 0.4) is 0 Å². The number of benzene rings is 10. The Hall–Kier alpha value is -8.33. The summed E-state index contributed by atoms with van der Waals surface area (Å²) < 4.78 is 2.60. The summed E-state index contributed by atoms with van der Waals surface area (Å²) >= 11 is 0. The third-order valence-electron chi connectivity index (χ3n) is 19.3. The predicted octanol–water partition coefficient (Wildman–Crippen LogP) is 15.6. The van der Waals surface area contributed by atoms with E-state index < -0.39 is 5.41 Å². The van der Waals surface area contributed by atoms with Gasteiger partial charge in [-0.2, -0.15) is 0 Å². The Labute approximate surface area is 403 Å². The van der Waals surface area contributed by atoms with E-state index in [1.54, 1.807) is 0 Å². The van der Waals surface area contributed by atoms with Crippen LogP contribution in [-0.2, 0) is 10.8 Å². The zero-order chi connectivity index (χ0) is 45.1. The monoisotopic (exact) mass is 885 g/mol. The Bertz CT molecular complexity index is 4480. The lowest BCUT2D eigenvalue weighted by molar-refractivity contribution is 0.0958. The van der Waals surface area contributed by atoms with Crippen molar-refractivity contribution in [1.82, 2.24) is 4.40 Å². The highest BCUT2D eigenvalue weighted by Crippen LogP contribution is 2.79. The molecule has 2 spiro atoms. The van der Waals surface area contributed by atoms with Crippen molar-refractivity contribution in [2.75, 3.05) is 0 Å². The van der Waals surface area contributed by atoms with Crippen molar-refractivity contribution in [2.45, 2.75) is 40.9 Å². The molecule has 0 aliphatic heterocycles. The molecule has 2 aromatic heterocycles. The minimum absolute atomic E-state index is 0.130. The summed E-state index contributed by atoms with van der Waals surface area (Å²) in [7, 11) is 0. The summed E-state index contributed by atoms with van der Waals surface area (Å²) in [4.78, 5) is 15.6. The predicted molar refractivity (Wildman–Crippen MR) is 280 cm³/mol. The molecular formula is C68H39NO. The molecule has 0 radical (unpaired) electrons. The Kier molecular flexibility index (Phi) is 5.91. The fourth-order valence-electron chi connectivity index (χ4n) is 17.1. The van der Waals surface area contributed by atoms with Gasteiger partial charge in [0.05, 0.1) is 22.0 Å². The van der Waals surface area contributed by atoms with Gasteiger partial charge in [0.1, 0.15) is 0 Å². The van der Waals surface area contributed by atoms with Crippen molar-refractivity contribution >= 4 is 43.9 Å². The first-order valence-corrected chi connectivity index (χ1v) is 25.3. The summed E-state index contributed by atoms with van der Waals surface area (Å²) in [6, 6.07) is 76.4. The number of Topliss-reactive ketones (excluding diaryl/α,β-unsaturated/α-hetero) is 1. The molecule has 19 rings (SSSR count). The van der Waals surface area contributed by atoms with E-state index in [-0.39, 0.29) is 29.0 Å². The van der Waals surface area contributed by atoms with Gasteiger partial charge < -0.3 is 4.40 Å². The third kappa shape index (κ3) is 3.52. The zero-order valence-corrected chi connectivity index (χ0v) is 37.9. The summed E-state index contributed by atoms with van der Waals surface area (Å²) in [5, 5.41) is 5.26. The highest BCUT2D eigenvalue weighted by atomic mass is 16.1. The van der Waals surface area contributed by atoms with Crippen LogP contribution in [0.5, 0.6) is 0 Å². The molecule has 5 atom stereocenters. The van der Waals surface area contributed by atoms with Gasteiger partial charge in [0.2, 0.25) is 0 Å². The van der Waals surface area contributed by atoms with Gasteiger partial charge in [0.15, 0.2) is 5.78 Å². The van der Waals surface area contributed by atoms with E-state index in [4.69, 9.17) is 0 Å². The van der Waals surface area contributed by atoms with Crippen LogP contribution in [0.2, 0.25) is 0 Å². The number of carbonyl (C=O) groups is 1. The van der Waals surface area contributed by atoms with Gasteiger partial charge >= 0.3 is 0 Å². The highest BCUT2D eigenvalue weighted by molar-refractivity contribution is 6.30. The minimum Gasteiger partial charge on any atom is -0.308 e. The number of rotatable bonds is 0. The molecule has 0 N–H and O–H groups in total. The number of hydrogen-bond acceptors (Lipinski definition) is 1. The Balaban J connectivity index is 1.00. The Morgan fingerprint density at radius 2 is 0.957 bits per heavy atom. The van der Waals surface area contributed by atoms with Crippen LogP contribution in [0.1, 0.15) is 113 Å². The molecule has 70 heavy (non-hydrogen) atoms. The van der Waals surface area contributed by atoms with E-state index in [9.17, 15) is 0 Å². The molecule has 12 aromatic rings. The second-order valence-corrected chi connectivity index (χ2v) is 21.5. The largest absolute Gasteiger partial charge is 0.308 e. The maximum atomic E-state index is 15.6. The fourth-order valence-corrected chi connectivity index (χ4v) is 17.1. The molecule has 5 unspecified atom stereocenters. The quantitative estimate of drug-likeness (QED) is 0.149. The molecule has 2 heteroatoms. The van der Waals surface area contributed by atoms with Crippen molar-refractivity contribution in [3.63, 3.8) is 0 Å². The van der Waals surface area contributed by atoms with Crippen molar-refractivity contribution < 1.29 is 4.79 Å². The molecule has 7 aliphatic rings. The van der Waals surface area contributed by atoms with Crippen LogP contribution in [0, 0.1) is 0 Å². The average molecular weight is 886 g/mol. The summed E-state index contributed by atoms with van der Waals surface area (Å²) in [5.74, 6) is 0.790. The molecule has 322 valence electrons. The van der Waals surface area contributed by atoms with Crippen LogP contribution >= 0.6 is 0 Å². The molecular weight excluding hydrogens is 847 g/mol. The first-order valence-electron chi connectivity index (χ1n) is 25.3. The smallest absolute Gasteiger partial charge is 0.171 e.